The molecule has 0 amide bonds. The Morgan fingerprint density at radius 1 is 0.690 bits per heavy atom. The van der Waals surface area contributed by atoms with Gasteiger partial charge in [0.15, 0.2) is 0 Å². The van der Waals surface area contributed by atoms with Crippen molar-refractivity contribution in [1.82, 2.24) is 10.2 Å². The standard InChI is InChI=1S/C24H17F3N2/c1-15-22(17-10-6-3-7-11-17)24(23-19(26)13-18(25)14-20(23)27)21(29-28-15)12-16-8-4-2-5-9-16/h2-11,13-14H,12H2,1H3. The molecule has 0 N–H and O–H groups in total. The van der Waals surface area contributed by atoms with E-state index in [4.69, 9.17) is 0 Å². The van der Waals surface area contributed by atoms with E-state index < -0.39 is 17.5 Å². The Morgan fingerprint density at radius 3 is 1.90 bits per heavy atom. The topological polar surface area (TPSA) is 25.8 Å². The first-order valence-electron chi connectivity index (χ1n) is 9.15. The van der Waals surface area contributed by atoms with Crippen molar-refractivity contribution < 1.29 is 13.2 Å². The van der Waals surface area contributed by atoms with Crippen molar-refractivity contribution in [1.29, 1.82) is 0 Å². The van der Waals surface area contributed by atoms with Gasteiger partial charge < -0.3 is 0 Å². The predicted molar refractivity (Wildman–Crippen MR) is 107 cm³/mol. The average Bonchev–Trinajstić information content (AvgIpc) is 2.71. The van der Waals surface area contributed by atoms with E-state index in [-0.39, 0.29) is 5.56 Å². The van der Waals surface area contributed by atoms with Gasteiger partial charge in [0.1, 0.15) is 17.5 Å². The second-order valence-corrected chi connectivity index (χ2v) is 6.75. The van der Waals surface area contributed by atoms with Crippen LogP contribution in [-0.2, 0) is 6.42 Å². The van der Waals surface area contributed by atoms with Crippen LogP contribution in [0.15, 0.2) is 72.8 Å². The number of nitrogens with zero attached hydrogens (tertiary/aromatic N) is 2. The normalized spacial score (nSPS) is 10.9. The summed E-state index contributed by atoms with van der Waals surface area (Å²) >= 11 is 0. The summed E-state index contributed by atoms with van der Waals surface area (Å²) in [5.74, 6) is -2.91. The summed E-state index contributed by atoms with van der Waals surface area (Å²) in [5, 5.41) is 8.51. The van der Waals surface area contributed by atoms with E-state index in [0.717, 1.165) is 11.1 Å². The minimum atomic E-state index is -0.971. The van der Waals surface area contributed by atoms with Gasteiger partial charge in [0.25, 0.3) is 0 Å². The van der Waals surface area contributed by atoms with Gasteiger partial charge in [-0.05, 0) is 18.1 Å². The minimum absolute atomic E-state index is 0.294. The van der Waals surface area contributed by atoms with Crippen LogP contribution in [0.3, 0.4) is 0 Å². The summed E-state index contributed by atoms with van der Waals surface area (Å²) in [5.41, 5.74) is 3.21. The van der Waals surface area contributed by atoms with Gasteiger partial charge in [0.2, 0.25) is 0 Å². The first kappa shape index (κ1) is 18.9. The van der Waals surface area contributed by atoms with E-state index in [0.29, 0.717) is 41.1 Å². The van der Waals surface area contributed by atoms with Crippen LogP contribution in [0.2, 0.25) is 0 Å². The predicted octanol–water partition coefficient (Wildman–Crippen LogP) is 6.13. The van der Waals surface area contributed by atoms with Gasteiger partial charge in [-0.2, -0.15) is 10.2 Å². The maximum Gasteiger partial charge on any atom is 0.136 e. The zero-order valence-electron chi connectivity index (χ0n) is 15.7. The van der Waals surface area contributed by atoms with Gasteiger partial charge in [-0.1, -0.05) is 60.7 Å². The summed E-state index contributed by atoms with van der Waals surface area (Å²) in [7, 11) is 0. The molecule has 144 valence electrons. The quantitative estimate of drug-likeness (QED) is 0.419. The van der Waals surface area contributed by atoms with E-state index in [1.54, 1.807) is 6.92 Å². The third kappa shape index (κ3) is 3.76. The first-order valence-corrected chi connectivity index (χ1v) is 9.15. The third-order valence-corrected chi connectivity index (χ3v) is 4.75. The molecule has 0 spiro atoms. The number of benzene rings is 3. The Bertz CT molecular complexity index is 1140. The van der Waals surface area contributed by atoms with Crippen molar-refractivity contribution in [3.05, 3.63) is 107 Å². The molecule has 0 aliphatic rings. The third-order valence-electron chi connectivity index (χ3n) is 4.75. The summed E-state index contributed by atoms with van der Waals surface area (Å²) in [4.78, 5) is 0. The molecule has 0 bridgehead atoms. The summed E-state index contributed by atoms with van der Waals surface area (Å²) < 4.78 is 43.2. The zero-order valence-corrected chi connectivity index (χ0v) is 15.7. The number of hydrogen-bond acceptors (Lipinski definition) is 2. The molecule has 0 saturated carbocycles. The molecule has 4 aromatic rings. The van der Waals surface area contributed by atoms with Crippen molar-refractivity contribution in [3.63, 3.8) is 0 Å². The van der Waals surface area contributed by atoms with Crippen molar-refractivity contribution >= 4 is 0 Å². The summed E-state index contributed by atoms with van der Waals surface area (Å²) in [6, 6.07) is 20.1. The molecule has 2 nitrogen and oxygen atoms in total. The maximum absolute atomic E-state index is 14.8. The Morgan fingerprint density at radius 2 is 1.28 bits per heavy atom. The van der Waals surface area contributed by atoms with E-state index in [9.17, 15) is 13.2 Å². The molecule has 4 rings (SSSR count). The minimum Gasteiger partial charge on any atom is -0.207 e. The Balaban J connectivity index is 2.03. The van der Waals surface area contributed by atoms with Crippen LogP contribution in [0, 0.1) is 24.4 Å². The molecule has 29 heavy (non-hydrogen) atoms. The highest BCUT2D eigenvalue weighted by atomic mass is 19.1. The molecule has 0 aliphatic heterocycles. The van der Waals surface area contributed by atoms with Crippen molar-refractivity contribution in [2.24, 2.45) is 0 Å². The molecular weight excluding hydrogens is 373 g/mol. The molecule has 5 heteroatoms. The molecular formula is C24H17F3N2. The van der Waals surface area contributed by atoms with E-state index in [2.05, 4.69) is 10.2 Å². The van der Waals surface area contributed by atoms with Gasteiger partial charge >= 0.3 is 0 Å². The lowest BCUT2D eigenvalue weighted by Gasteiger charge is -2.17. The lowest BCUT2D eigenvalue weighted by molar-refractivity contribution is 0.547. The lowest BCUT2D eigenvalue weighted by atomic mass is 9.90. The highest BCUT2D eigenvalue weighted by Gasteiger charge is 2.24. The van der Waals surface area contributed by atoms with Crippen molar-refractivity contribution in [3.8, 4) is 22.3 Å². The highest BCUT2D eigenvalue weighted by Crippen LogP contribution is 2.39. The number of aromatic nitrogens is 2. The van der Waals surface area contributed by atoms with Crippen LogP contribution in [0.5, 0.6) is 0 Å². The number of rotatable bonds is 4. The summed E-state index contributed by atoms with van der Waals surface area (Å²) in [6.07, 6.45) is 0.333. The number of halogens is 3. The summed E-state index contributed by atoms with van der Waals surface area (Å²) in [6.45, 7) is 1.74. The molecule has 0 radical (unpaired) electrons. The Kier molecular flexibility index (Phi) is 5.12. The molecule has 0 atom stereocenters. The maximum atomic E-state index is 14.8. The van der Waals surface area contributed by atoms with Gasteiger partial charge in [-0.15, -0.1) is 0 Å². The molecule has 0 fully saturated rings. The van der Waals surface area contributed by atoms with Crippen LogP contribution < -0.4 is 0 Å². The van der Waals surface area contributed by atoms with E-state index >= 15 is 0 Å². The fourth-order valence-corrected chi connectivity index (χ4v) is 3.48. The first-order chi connectivity index (χ1) is 14.0. The van der Waals surface area contributed by atoms with Crippen molar-refractivity contribution in [2.45, 2.75) is 13.3 Å². The largest absolute Gasteiger partial charge is 0.207 e. The van der Waals surface area contributed by atoms with Gasteiger partial charge in [0.05, 0.1) is 17.0 Å². The molecule has 1 heterocycles. The molecule has 0 aliphatic carbocycles. The van der Waals surface area contributed by atoms with Gasteiger partial charge in [-0.25, -0.2) is 13.2 Å². The average molecular weight is 390 g/mol. The second-order valence-electron chi connectivity index (χ2n) is 6.75. The zero-order chi connectivity index (χ0) is 20.4. The SMILES string of the molecule is Cc1nnc(Cc2ccccc2)c(-c2c(F)cc(F)cc2F)c1-c1ccccc1. The van der Waals surface area contributed by atoms with Gasteiger partial charge in [-0.3, -0.25) is 0 Å². The number of aryl methyl sites for hydroxylation is 1. The highest BCUT2D eigenvalue weighted by molar-refractivity contribution is 5.86. The molecule has 1 aromatic heterocycles. The lowest BCUT2D eigenvalue weighted by Crippen LogP contribution is -2.06. The fourth-order valence-electron chi connectivity index (χ4n) is 3.48. The van der Waals surface area contributed by atoms with E-state index in [1.807, 2.05) is 60.7 Å². The Hall–Kier alpha value is -3.47. The second kappa shape index (κ2) is 7.87. The monoisotopic (exact) mass is 390 g/mol. The van der Waals surface area contributed by atoms with Crippen LogP contribution >= 0.6 is 0 Å². The Labute approximate surface area is 166 Å². The molecule has 0 saturated heterocycles. The smallest absolute Gasteiger partial charge is 0.136 e. The van der Waals surface area contributed by atoms with Crippen LogP contribution in [0.25, 0.3) is 22.3 Å². The van der Waals surface area contributed by atoms with Crippen molar-refractivity contribution in [2.75, 3.05) is 0 Å². The van der Waals surface area contributed by atoms with Crippen LogP contribution in [0.1, 0.15) is 17.0 Å². The van der Waals surface area contributed by atoms with Crippen LogP contribution in [0.4, 0.5) is 13.2 Å². The molecule has 3 aromatic carbocycles. The van der Waals surface area contributed by atoms with Crippen LogP contribution in [-0.4, -0.2) is 10.2 Å². The van der Waals surface area contributed by atoms with Gasteiger partial charge in [0, 0.05) is 29.7 Å². The number of hydrogen-bond donors (Lipinski definition) is 0. The molecule has 0 unspecified atom stereocenters. The van der Waals surface area contributed by atoms with E-state index in [1.165, 1.54) is 0 Å². The fraction of sp³-hybridized carbons (Fsp3) is 0.0833.